The van der Waals surface area contributed by atoms with Crippen molar-refractivity contribution >= 4 is 10.9 Å². The third-order valence-electron chi connectivity index (χ3n) is 7.46. The van der Waals surface area contributed by atoms with E-state index in [2.05, 4.69) is 22.4 Å². The van der Waals surface area contributed by atoms with Gasteiger partial charge in [-0.1, -0.05) is 12.1 Å². The largest absolute Gasteiger partial charge is 0.496 e. The summed E-state index contributed by atoms with van der Waals surface area (Å²) < 4.78 is 18.1. The minimum absolute atomic E-state index is 0.261. The van der Waals surface area contributed by atoms with Gasteiger partial charge in [-0.15, -0.1) is 0 Å². The first kappa shape index (κ1) is 20.4. The van der Waals surface area contributed by atoms with Gasteiger partial charge < -0.3 is 24.5 Å². The molecule has 1 aliphatic carbocycles. The van der Waals surface area contributed by atoms with Crippen molar-refractivity contribution in [3.8, 4) is 17.2 Å². The van der Waals surface area contributed by atoms with Crippen LogP contribution in [0.4, 0.5) is 0 Å². The van der Waals surface area contributed by atoms with Crippen molar-refractivity contribution in [1.82, 2.24) is 14.9 Å². The van der Waals surface area contributed by atoms with E-state index in [1.807, 2.05) is 6.07 Å². The number of nitrogens with zero attached hydrogens (tertiary/aromatic N) is 1. The molecule has 172 valence electrons. The van der Waals surface area contributed by atoms with Gasteiger partial charge in [-0.25, -0.2) is 4.79 Å². The third-order valence-corrected chi connectivity index (χ3v) is 7.46. The van der Waals surface area contributed by atoms with Crippen molar-refractivity contribution in [3.05, 3.63) is 62.3 Å². The van der Waals surface area contributed by atoms with Crippen molar-refractivity contribution in [2.75, 3.05) is 26.9 Å². The molecule has 0 spiro atoms. The van der Waals surface area contributed by atoms with Gasteiger partial charge in [-0.05, 0) is 48.4 Å². The van der Waals surface area contributed by atoms with E-state index >= 15 is 0 Å². The van der Waals surface area contributed by atoms with Gasteiger partial charge in [0.1, 0.15) is 19.0 Å². The molecule has 2 aromatic carbocycles. The van der Waals surface area contributed by atoms with Gasteiger partial charge in [0.15, 0.2) is 11.5 Å². The van der Waals surface area contributed by atoms with Crippen LogP contribution in [-0.4, -0.2) is 42.5 Å². The molecule has 33 heavy (non-hydrogen) atoms. The Balaban J connectivity index is 1.25. The van der Waals surface area contributed by atoms with Crippen molar-refractivity contribution in [1.29, 1.82) is 0 Å². The van der Waals surface area contributed by atoms with Gasteiger partial charge in [0.25, 0.3) is 5.56 Å². The number of H-pyrrole nitrogens is 1. The highest BCUT2D eigenvalue weighted by atomic mass is 16.6. The van der Waals surface area contributed by atoms with E-state index in [-0.39, 0.29) is 11.6 Å². The van der Waals surface area contributed by atoms with Gasteiger partial charge in [0.2, 0.25) is 0 Å². The summed E-state index contributed by atoms with van der Waals surface area (Å²) in [5.41, 5.74) is 2.48. The Labute approximate surface area is 190 Å². The standard InChI is InChI=1S/C25H27N3O5/c1-31-21-4-2-3-14-16(21)6-5-15-18(14)13-26-19(15)7-8-28-24(29)17-11-22-23(33-10-9-32-22)12-20(17)27-25(28)30/h2-4,11-12,15,18-19,26H,5-10,13H2,1H3,(H,27,30)/t15-,18-,19?/m0/s1. The molecule has 1 saturated heterocycles. The van der Waals surface area contributed by atoms with E-state index in [9.17, 15) is 9.59 Å². The van der Waals surface area contributed by atoms with E-state index in [1.165, 1.54) is 15.7 Å². The summed E-state index contributed by atoms with van der Waals surface area (Å²) in [6.07, 6.45) is 2.78. The molecule has 0 radical (unpaired) electrons. The second-order valence-corrected chi connectivity index (χ2v) is 9.07. The third kappa shape index (κ3) is 3.31. The number of fused-ring (bicyclic) bond motifs is 5. The molecule has 1 unspecified atom stereocenters. The molecule has 3 aliphatic rings. The summed E-state index contributed by atoms with van der Waals surface area (Å²) in [7, 11) is 1.73. The van der Waals surface area contributed by atoms with Crippen LogP contribution in [-0.2, 0) is 13.0 Å². The van der Waals surface area contributed by atoms with Crippen molar-refractivity contribution in [2.24, 2.45) is 5.92 Å². The van der Waals surface area contributed by atoms with Gasteiger partial charge in [-0.2, -0.15) is 0 Å². The number of benzene rings is 2. The zero-order valence-corrected chi connectivity index (χ0v) is 18.6. The van der Waals surface area contributed by atoms with Crippen LogP contribution in [0.2, 0.25) is 0 Å². The lowest BCUT2D eigenvalue weighted by molar-refractivity contribution is 0.172. The van der Waals surface area contributed by atoms with Crippen molar-refractivity contribution in [3.63, 3.8) is 0 Å². The first-order valence-corrected chi connectivity index (χ1v) is 11.6. The van der Waals surface area contributed by atoms with E-state index < -0.39 is 5.69 Å². The SMILES string of the molecule is COc1cccc2c1CC[C@@H]1C(CCn3c(=O)[nH]c4cc5c(cc4c3=O)OCCO5)NC[C@@H]21. The van der Waals surface area contributed by atoms with Crippen molar-refractivity contribution in [2.45, 2.75) is 37.8 Å². The monoisotopic (exact) mass is 449 g/mol. The highest BCUT2D eigenvalue weighted by Crippen LogP contribution is 2.44. The first-order chi connectivity index (χ1) is 16.1. The van der Waals surface area contributed by atoms with E-state index in [4.69, 9.17) is 14.2 Å². The van der Waals surface area contributed by atoms with Crippen molar-refractivity contribution < 1.29 is 14.2 Å². The van der Waals surface area contributed by atoms with E-state index in [0.717, 1.165) is 31.6 Å². The number of nitrogens with one attached hydrogen (secondary N) is 2. The summed E-state index contributed by atoms with van der Waals surface area (Å²) in [5.74, 6) is 2.99. The maximum Gasteiger partial charge on any atom is 0.328 e. The lowest BCUT2D eigenvalue weighted by Crippen LogP contribution is -2.38. The fraction of sp³-hybridized carbons (Fsp3) is 0.440. The van der Waals surface area contributed by atoms with Gasteiger partial charge in [0, 0.05) is 31.1 Å². The smallest absolute Gasteiger partial charge is 0.328 e. The summed E-state index contributed by atoms with van der Waals surface area (Å²) in [4.78, 5) is 28.8. The summed E-state index contributed by atoms with van der Waals surface area (Å²) in [6, 6.07) is 9.92. The van der Waals surface area contributed by atoms with Crippen LogP contribution >= 0.6 is 0 Å². The lowest BCUT2D eigenvalue weighted by Gasteiger charge is -2.31. The average Bonchev–Trinajstić information content (AvgIpc) is 3.26. The average molecular weight is 450 g/mol. The van der Waals surface area contributed by atoms with E-state index in [1.54, 1.807) is 19.2 Å². The maximum absolute atomic E-state index is 13.2. The van der Waals surface area contributed by atoms with Gasteiger partial charge in [-0.3, -0.25) is 9.36 Å². The van der Waals surface area contributed by atoms with Gasteiger partial charge >= 0.3 is 5.69 Å². The molecule has 0 saturated carbocycles. The predicted octanol–water partition coefficient (Wildman–Crippen LogP) is 2.18. The van der Waals surface area contributed by atoms with Crippen LogP contribution in [0.5, 0.6) is 17.2 Å². The molecule has 6 rings (SSSR count). The summed E-state index contributed by atoms with van der Waals surface area (Å²) >= 11 is 0. The second kappa shape index (κ2) is 7.95. The first-order valence-electron chi connectivity index (χ1n) is 11.6. The Morgan fingerprint density at radius 2 is 1.97 bits per heavy atom. The van der Waals surface area contributed by atoms with Crippen LogP contribution in [0.3, 0.4) is 0 Å². The second-order valence-electron chi connectivity index (χ2n) is 9.07. The fourth-order valence-corrected chi connectivity index (χ4v) is 5.88. The van der Waals surface area contributed by atoms with Crippen LogP contribution in [0.15, 0.2) is 39.9 Å². The highest BCUT2D eigenvalue weighted by molar-refractivity contribution is 5.81. The predicted molar refractivity (Wildman–Crippen MR) is 124 cm³/mol. The number of methoxy groups -OCH3 is 1. The Morgan fingerprint density at radius 1 is 1.15 bits per heavy atom. The molecular formula is C25H27N3O5. The minimum Gasteiger partial charge on any atom is -0.496 e. The molecule has 8 heteroatoms. The molecule has 1 fully saturated rings. The zero-order chi connectivity index (χ0) is 22.5. The number of hydrogen-bond donors (Lipinski definition) is 2. The molecule has 0 bridgehead atoms. The van der Waals surface area contributed by atoms with Crippen LogP contribution < -0.4 is 30.8 Å². The van der Waals surface area contributed by atoms with Crippen LogP contribution in [0, 0.1) is 5.92 Å². The molecule has 0 amide bonds. The molecular weight excluding hydrogens is 422 g/mol. The Morgan fingerprint density at radius 3 is 2.79 bits per heavy atom. The number of aromatic nitrogens is 2. The molecule has 2 aliphatic heterocycles. The Bertz CT molecular complexity index is 1340. The number of aromatic amines is 1. The Kier molecular flexibility index (Phi) is 4.90. The van der Waals surface area contributed by atoms with E-state index in [0.29, 0.717) is 54.0 Å². The molecule has 8 nitrogen and oxygen atoms in total. The normalized spacial score (nSPS) is 23.2. The molecule has 3 atom stereocenters. The zero-order valence-electron chi connectivity index (χ0n) is 18.6. The summed E-state index contributed by atoms with van der Waals surface area (Å²) in [6.45, 7) is 2.17. The molecule has 1 aromatic heterocycles. The molecule has 2 N–H and O–H groups in total. The van der Waals surface area contributed by atoms with Gasteiger partial charge in [0.05, 0.1) is 18.0 Å². The fourth-order valence-electron chi connectivity index (χ4n) is 5.88. The van der Waals surface area contributed by atoms with Crippen LogP contribution in [0.25, 0.3) is 10.9 Å². The topological polar surface area (TPSA) is 94.6 Å². The molecule has 3 aromatic rings. The quantitative estimate of drug-likeness (QED) is 0.634. The molecule has 3 heterocycles. The lowest BCUT2D eigenvalue weighted by atomic mass is 9.74. The summed E-state index contributed by atoms with van der Waals surface area (Å²) in [5, 5.41) is 4.10. The number of rotatable bonds is 4. The Hall–Kier alpha value is -3.26. The number of hydrogen-bond acceptors (Lipinski definition) is 6. The number of ether oxygens (including phenoxy) is 3. The highest BCUT2D eigenvalue weighted by Gasteiger charge is 2.40. The maximum atomic E-state index is 13.2. The van der Waals surface area contributed by atoms with Crippen LogP contribution in [0.1, 0.15) is 29.9 Å². The minimum atomic E-state index is -0.391.